The molecule has 0 spiro atoms. The van der Waals surface area contributed by atoms with Gasteiger partial charge < -0.3 is 4.90 Å². The van der Waals surface area contributed by atoms with Gasteiger partial charge in [-0.05, 0) is 31.9 Å². The van der Waals surface area contributed by atoms with Crippen molar-refractivity contribution in [2.75, 3.05) is 53.4 Å². The summed E-state index contributed by atoms with van der Waals surface area (Å²) in [5.74, 6) is -0.491. The third-order valence-corrected chi connectivity index (χ3v) is 9.55. The number of piperidine rings is 1. The van der Waals surface area contributed by atoms with Gasteiger partial charge in [-0.15, -0.1) is 0 Å². The summed E-state index contributed by atoms with van der Waals surface area (Å²) < 4.78 is 54.4. The Labute approximate surface area is 179 Å². The number of carbonyl (C=O) groups excluding carboxylic acids is 1. The fourth-order valence-corrected chi connectivity index (χ4v) is 6.46. The number of hydrogen-bond donors (Lipinski definition) is 0. The number of benzene rings is 1. The lowest BCUT2D eigenvalue weighted by molar-refractivity contribution is -0.137. The second-order valence-corrected chi connectivity index (χ2v) is 12.1. The van der Waals surface area contributed by atoms with E-state index in [9.17, 15) is 21.6 Å². The lowest BCUT2D eigenvalue weighted by Gasteiger charge is -2.38. The molecule has 9 nitrogen and oxygen atoms in total. The van der Waals surface area contributed by atoms with Gasteiger partial charge in [-0.3, -0.25) is 4.79 Å². The van der Waals surface area contributed by atoms with Gasteiger partial charge in [0.15, 0.2) is 0 Å². The van der Waals surface area contributed by atoms with Crippen LogP contribution in [0.3, 0.4) is 0 Å². The Morgan fingerprint density at radius 3 is 2.10 bits per heavy atom. The van der Waals surface area contributed by atoms with Gasteiger partial charge in [-0.2, -0.15) is 21.3 Å². The van der Waals surface area contributed by atoms with Crippen LogP contribution < -0.4 is 0 Å². The van der Waals surface area contributed by atoms with Crippen molar-refractivity contribution in [1.29, 1.82) is 0 Å². The first kappa shape index (κ1) is 23.1. The minimum Gasteiger partial charge on any atom is -0.340 e. The molecule has 0 radical (unpaired) electrons. The summed E-state index contributed by atoms with van der Waals surface area (Å²) in [6.45, 7) is 3.55. The molecule has 0 N–H and O–H groups in total. The molecule has 1 atom stereocenters. The van der Waals surface area contributed by atoms with Gasteiger partial charge in [0.25, 0.3) is 10.2 Å². The average Bonchev–Trinajstić information content (AvgIpc) is 2.73. The number of hydrogen-bond acceptors (Lipinski definition) is 5. The number of aryl methyl sites for hydroxylation is 1. The molecule has 0 bridgehead atoms. The molecule has 2 aliphatic heterocycles. The Kier molecular flexibility index (Phi) is 6.87. The number of nitrogens with zero attached hydrogens (tertiary/aromatic N) is 4. The molecule has 0 aromatic heterocycles. The van der Waals surface area contributed by atoms with E-state index in [-0.39, 0.29) is 30.4 Å². The van der Waals surface area contributed by atoms with Crippen molar-refractivity contribution in [3.63, 3.8) is 0 Å². The molecule has 1 aromatic rings. The fourth-order valence-electron chi connectivity index (χ4n) is 3.85. The van der Waals surface area contributed by atoms with Gasteiger partial charge in [0.2, 0.25) is 15.9 Å². The van der Waals surface area contributed by atoms with E-state index in [1.54, 1.807) is 29.2 Å². The van der Waals surface area contributed by atoms with Crippen LogP contribution in [0.1, 0.15) is 18.4 Å². The van der Waals surface area contributed by atoms with E-state index in [2.05, 4.69) is 0 Å². The van der Waals surface area contributed by atoms with Crippen LogP contribution in [-0.4, -0.2) is 93.9 Å². The highest BCUT2D eigenvalue weighted by Gasteiger charge is 2.37. The Morgan fingerprint density at radius 1 is 0.933 bits per heavy atom. The first-order valence-corrected chi connectivity index (χ1v) is 12.9. The van der Waals surface area contributed by atoms with E-state index in [0.29, 0.717) is 32.5 Å². The maximum atomic E-state index is 13.0. The summed E-state index contributed by atoms with van der Waals surface area (Å²) in [4.78, 5) is 14.9. The Balaban J connectivity index is 1.62. The second-order valence-electron chi connectivity index (χ2n) is 8.03. The molecule has 3 rings (SSSR count). The van der Waals surface area contributed by atoms with E-state index in [1.807, 2.05) is 6.92 Å². The van der Waals surface area contributed by atoms with E-state index >= 15 is 0 Å². The van der Waals surface area contributed by atoms with Crippen LogP contribution in [0.25, 0.3) is 0 Å². The molecule has 2 aliphatic rings. The molecular formula is C19H30N4O5S2. The maximum Gasteiger partial charge on any atom is 0.281 e. The third-order valence-electron chi connectivity index (χ3n) is 5.73. The van der Waals surface area contributed by atoms with Gasteiger partial charge in [0.05, 0.1) is 10.8 Å². The zero-order chi connectivity index (χ0) is 22.1. The summed E-state index contributed by atoms with van der Waals surface area (Å²) in [6, 6.07) is 6.74. The number of sulfonamides is 1. The van der Waals surface area contributed by atoms with Crippen LogP contribution in [0.4, 0.5) is 0 Å². The van der Waals surface area contributed by atoms with Crippen molar-refractivity contribution in [2.45, 2.75) is 24.7 Å². The predicted molar refractivity (Wildman–Crippen MR) is 113 cm³/mol. The fraction of sp³-hybridized carbons (Fsp3) is 0.632. The Morgan fingerprint density at radius 2 is 1.53 bits per heavy atom. The second kappa shape index (κ2) is 8.91. The number of rotatable bonds is 5. The average molecular weight is 459 g/mol. The summed E-state index contributed by atoms with van der Waals surface area (Å²) in [5, 5.41) is 0. The highest BCUT2D eigenvalue weighted by molar-refractivity contribution is 7.89. The molecule has 0 saturated carbocycles. The van der Waals surface area contributed by atoms with Crippen LogP contribution in [-0.2, 0) is 25.0 Å². The van der Waals surface area contributed by atoms with E-state index in [0.717, 1.165) is 9.87 Å². The van der Waals surface area contributed by atoms with Crippen molar-refractivity contribution in [3.8, 4) is 0 Å². The van der Waals surface area contributed by atoms with Crippen LogP contribution in [0.2, 0.25) is 0 Å². The standard InChI is InChI=1S/C19H30N4O5S2/c1-16-6-8-18(9-7-16)29(25,26)22-13-11-21(12-14-22)19(24)17-5-4-10-23(15-17)30(27,28)20(2)3/h6-9,17H,4-5,10-15H2,1-3H3. The van der Waals surface area contributed by atoms with Gasteiger partial charge in [0, 0.05) is 53.4 Å². The van der Waals surface area contributed by atoms with Crippen LogP contribution >= 0.6 is 0 Å². The normalized spacial score (nSPS) is 22.4. The summed E-state index contributed by atoms with van der Waals surface area (Å²) in [6.07, 6.45) is 1.27. The molecule has 30 heavy (non-hydrogen) atoms. The molecule has 1 aromatic carbocycles. The molecule has 0 aliphatic carbocycles. The minimum atomic E-state index is -3.59. The Bertz CT molecular complexity index is 969. The van der Waals surface area contributed by atoms with E-state index < -0.39 is 26.2 Å². The number of carbonyl (C=O) groups is 1. The van der Waals surface area contributed by atoms with Gasteiger partial charge in [-0.25, -0.2) is 8.42 Å². The molecule has 2 heterocycles. The van der Waals surface area contributed by atoms with Gasteiger partial charge in [0.1, 0.15) is 0 Å². The number of amides is 1. The highest BCUT2D eigenvalue weighted by atomic mass is 32.2. The molecule has 2 fully saturated rings. The minimum absolute atomic E-state index is 0.0963. The quantitative estimate of drug-likeness (QED) is 0.634. The molecule has 1 unspecified atom stereocenters. The molecule has 168 valence electrons. The topological polar surface area (TPSA) is 98.3 Å². The maximum absolute atomic E-state index is 13.0. The highest BCUT2D eigenvalue weighted by Crippen LogP contribution is 2.24. The molecular weight excluding hydrogens is 428 g/mol. The lowest BCUT2D eigenvalue weighted by Crippen LogP contribution is -2.54. The van der Waals surface area contributed by atoms with Gasteiger partial charge >= 0.3 is 0 Å². The summed E-state index contributed by atoms with van der Waals surface area (Å²) in [5.41, 5.74) is 0.988. The first-order chi connectivity index (χ1) is 14.0. The number of piperazine rings is 1. The Hall–Kier alpha value is -1.53. The first-order valence-electron chi connectivity index (χ1n) is 10.1. The van der Waals surface area contributed by atoms with Crippen LogP contribution in [0.5, 0.6) is 0 Å². The zero-order valence-electron chi connectivity index (χ0n) is 17.7. The lowest BCUT2D eigenvalue weighted by atomic mass is 9.98. The van der Waals surface area contributed by atoms with Crippen molar-refractivity contribution < 1.29 is 21.6 Å². The van der Waals surface area contributed by atoms with Crippen molar-refractivity contribution in [1.82, 2.24) is 17.8 Å². The largest absolute Gasteiger partial charge is 0.340 e. The van der Waals surface area contributed by atoms with Crippen LogP contribution in [0, 0.1) is 12.8 Å². The molecule has 2 saturated heterocycles. The van der Waals surface area contributed by atoms with Crippen molar-refractivity contribution >= 4 is 26.1 Å². The monoisotopic (exact) mass is 458 g/mol. The predicted octanol–water partition coefficient (Wildman–Crippen LogP) is 0.346. The van der Waals surface area contributed by atoms with E-state index in [4.69, 9.17) is 0 Å². The van der Waals surface area contributed by atoms with E-state index in [1.165, 1.54) is 22.7 Å². The SMILES string of the molecule is Cc1ccc(S(=O)(=O)N2CCN(C(=O)C3CCCN(S(=O)(=O)N(C)C)C3)CC2)cc1. The molecule has 1 amide bonds. The van der Waals surface area contributed by atoms with Crippen molar-refractivity contribution in [3.05, 3.63) is 29.8 Å². The summed E-state index contributed by atoms with van der Waals surface area (Å²) in [7, 11) is -4.18. The molecule has 11 heteroatoms. The van der Waals surface area contributed by atoms with Crippen LogP contribution in [0.15, 0.2) is 29.2 Å². The zero-order valence-corrected chi connectivity index (χ0v) is 19.3. The van der Waals surface area contributed by atoms with Crippen molar-refractivity contribution in [2.24, 2.45) is 5.92 Å². The third kappa shape index (κ3) is 4.70. The van der Waals surface area contributed by atoms with Gasteiger partial charge in [-0.1, -0.05) is 17.7 Å². The summed E-state index contributed by atoms with van der Waals surface area (Å²) >= 11 is 0. The smallest absolute Gasteiger partial charge is 0.281 e.